The molecule has 0 atom stereocenters. The molecule has 0 saturated heterocycles. The normalized spacial score (nSPS) is 10.1. The van der Waals surface area contributed by atoms with E-state index in [9.17, 15) is 0 Å². The lowest BCUT2D eigenvalue weighted by Crippen LogP contribution is -1.99. The highest BCUT2D eigenvalue weighted by atomic mass is 35.5. The molecule has 0 aliphatic rings. The summed E-state index contributed by atoms with van der Waals surface area (Å²) in [6.07, 6.45) is 3.44. The summed E-state index contributed by atoms with van der Waals surface area (Å²) in [6.45, 7) is 0.698. The van der Waals surface area contributed by atoms with Gasteiger partial charge in [0.1, 0.15) is 0 Å². The Labute approximate surface area is 87.1 Å². The molecule has 4 heteroatoms. The average Bonchev–Trinajstić information content (AvgIpc) is 2.69. The van der Waals surface area contributed by atoms with Gasteiger partial charge in [-0.15, -0.1) is 0 Å². The van der Waals surface area contributed by atoms with Gasteiger partial charge in [0.2, 0.25) is 0 Å². The Morgan fingerprint density at radius 1 is 1.36 bits per heavy atom. The molecule has 0 bridgehead atoms. The smallest absolute Gasteiger partial charge is 0.0922 e. The van der Waals surface area contributed by atoms with Gasteiger partial charge in [-0.25, -0.2) is 4.98 Å². The largest absolute Gasteiger partial charge is 0.378 e. The van der Waals surface area contributed by atoms with Crippen LogP contribution < -0.4 is 5.32 Å². The highest BCUT2D eigenvalue weighted by Crippen LogP contribution is 2.20. The predicted octanol–water partition coefficient (Wildman–Crippen LogP) is 2.68. The first kappa shape index (κ1) is 9.09. The maximum absolute atomic E-state index is 5.98. The molecule has 0 radical (unpaired) electrons. The minimum absolute atomic E-state index is 0.698. The van der Waals surface area contributed by atoms with E-state index >= 15 is 0 Å². The topological polar surface area (TPSA) is 40.7 Å². The number of rotatable bonds is 3. The third-order valence-electron chi connectivity index (χ3n) is 1.90. The van der Waals surface area contributed by atoms with Gasteiger partial charge in [0.25, 0.3) is 0 Å². The molecule has 2 rings (SSSR count). The zero-order valence-corrected chi connectivity index (χ0v) is 8.25. The summed E-state index contributed by atoms with van der Waals surface area (Å²) in [6, 6.07) is 7.65. The van der Waals surface area contributed by atoms with E-state index in [1.54, 1.807) is 12.5 Å². The molecule has 2 N–H and O–H groups in total. The monoisotopic (exact) mass is 207 g/mol. The Balaban J connectivity index is 2.02. The van der Waals surface area contributed by atoms with E-state index in [1.807, 2.05) is 24.3 Å². The molecule has 14 heavy (non-hydrogen) atoms. The van der Waals surface area contributed by atoms with Crippen molar-refractivity contribution in [1.29, 1.82) is 0 Å². The van der Waals surface area contributed by atoms with Crippen LogP contribution in [0.15, 0.2) is 36.8 Å². The first-order valence-electron chi connectivity index (χ1n) is 4.32. The molecule has 2 aromatic rings. The van der Waals surface area contributed by atoms with Crippen LogP contribution in [0.3, 0.4) is 0 Å². The van der Waals surface area contributed by atoms with Crippen molar-refractivity contribution in [1.82, 2.24) is 9.97 Å². The maximum atomic E-state index is 5.98. The third-order valence-corrected chi connectivity index (χ3v) is 2.23. The van der Waals surface area contributed by atoms with E-state index in [1.165, 1.54) is 0 Å². The lowest BCUT2D eigenvalue weighted by atomic mass is 10.3. The van der Waals surface area contributed by atoms with Crippen molar-refractivity contribution in [3.05, 3.63) is 47.5 Å². The molecule has 3 nitrogen and oxygen atoms in total. The lowest BCUT2D eigenvalue weighted by molar-refractivity contribution is 1.07. The number of aromatic nitrogens is 2. The van der Waals surface area contributed by atoms with Crippen LogP contribution >= 0.6 is 11.6 Å². The molecule has 1 aromatic heterocycles. The number of H-pyrrole nitrogens is 1. The van der Waals surface area contributed by atoms with Gasteiger partial charge in [-0.3, -0.25) is 0 Å². The van der Waals surface area contributed by atoms with E-state index in [2.05, 4.69) is 15.3 Å². The van der Waals surface area contributed by atoms with Gasteiger partial charge < -0.3 is 10.3 Å². The van der Waals surface area contributed by atoms with Gasteiger partial charge >= 0.3 is 0 Å². The van der Waals surface area contributed by atoms with Gasteiger partial charge in [-0.05, 0) is 12.1 Å². The molecule has 1 heterocycles. The number of imidazole rings is 1. The van der Waals surface area contributed by atoms with Crippen molar-refractivity contribution in [3.63, 3.8) is 0 Å². The highest BCUT2D eigenvalue weighted by Gasteiger charge is 1.98. The van der Waals surface area contributed by atoms with Gasteiger partial charge in [-0.2, -0.15) is 0 Å². The summed E-state index contributed by atoms with van der Waals surface area (Å²) in [4.78, 5) is 6.94. The molecule has 0 aliphatic carbocycles. The SMILES string of the molecule is Clc1ccccc1NCc1cnc[nH]1. The average molecular weight is 208 g/mol. The summed E-state index contributed by atoms with van der Waals surface area (Å²) >= 11 is 5.98. The van der Waals surface area contributed by atoms with E-state index < -0.39 is 0 Å². The minimum atomic E-state index is 0.698. The molecule has 0 fully saturated rings. The fourth-order valence-electron chi connectivity index (χ4n) is 1.18. The number of anilines is 1. The molecule has 1 aromatic carbocycles. The number of para-hydroxylation sites is 1. The molecular weight excluding hydrogens is 198 g/mol. The minimum Gasteiger partial charge on any atom is -0.378 e. The van der Waals surface area contributed by atoms with Crippen LogP contribution in [0.25, 0.3) is 0 Å². The van der Waals surface area contributed by atoms with E-state index in [4.69, 9.17) is 11.6 Å². The Bertz CT molecular complexity index is 398. The lowest BCUT2D eigenvalue weighted by Gasteiger charge is -2.05. The third kappa shape index (κ3) is 2.06. The molecule has 0 aliphatic heterocycles. The number of nitrogens with one attached hydrogen (secondary N) is 2. The maximum Gasteiger partial charge on any atom is 0.0922 e. The fraction of sp³-hybridized carbons (Fsp3) is 0.100. The number of benzene rings is 1. The van der Waals surface area contributed by atoms with Crippen LogP contribution in [0.5, 0.6) is 0 Å². The van der Waals surface area contributed by atoms with Crippen LogP contribution in [-0.2, 0) is 6.54 Å². The van der Waals surface area contributed by atoms with Crippen molar-refractivity contribution in [2.24, 2.45) is 0 Å². The Morgan fingerprint density at radius 3 is 2.93 bits per heavy atom. The fourth-order valence-corrected chi connectivity index (χ4v) is 1.38. The van der Waals surface area contributed by atoms with Crippen LogP contribution in [0.4, 0.5) is 5.69 Å². The van der Waals surface area contributed by atoms with E-state index in [-0.39, 0.29) is 0 Å². The summed E-state index contributed by atoms with van der Waals surface area (Å²) < 4.78 is 0. The number of halogens is 1. The van der Waals surface area contributed by atoms with Crippen LogP contribution in [0, 0.1) is 0 Å². The molecule has 0 unspecified atom stereocenters. The van der Waals surface area contributed by atoms with Crippen molar-refractivity contribution >= 4 is 17.3 Å². The van der Waals surface area contributed by atoms with Gasteiger partial charge in [0.05, 0.1) is 29.3 Å². The molecular formula is C10H10ClN3. The van der Waals surface area contributed by atoms with Crippen molar-refractivity contribution in [2.75, 3.05) is 5.32 Å². The first-order chi connectivity index (χ1) is 6.86. The first-order valence-corrected chi connectivity index (χ1v) is 4.70. The highest BCUT2D eigenvalue weighted by molar-refractivity contribution is 6.33. The van der Waals surface area contributed by atoms with E-state index in [0.717, 1.165) is 16.4 Å². The van der Waals surface area contributed by atoms with Crippen LogP contribution in [0.2, 0.25) is 5.02 Å². The molecule has 72 valence electrons. The molecule has 0 amide bonds. The zero-order valence-electron chi connectivity index (χ0n) is 7.50. The van der Waals surface area contributed by atoms with Crippen molar-refractivity contribution in [2.45, 2.75) is 6.54 Å². The second kappa shape index (κ2) is 4.15. The quantitative estimate of drug-likeness (QED) is 0.813. The number of hydrogen-bond donors (Lipinski definition) is 2. The van der Waals surface area contributed by atoms with Gasteiger partial charge in [-0.1, -0.05) is 23.7 Å². The molecule has 0 saturated carbocycles. The number of hydrogen-bond acceptors (Lipinski definition) is 2. The Morgan fingerprint density at radius 2 is 2.21 bits per heavy atom. The van der Waals surface area contributed by atoms with Crippen LogP contribution in [0.1, 0.15) is 5.69 Å². The van der Waals surface area contributed by atoms with E-state index in [0.29, 0.717) is 6.54 Å². The standard InChI is InChI=1S/C10H10ClN3/c11-9-3-1-2-4-10(9)13-6-8-5-12-7-14-8/h1-5,7,13H,6H2,(H,12,14). The summed E-state index contributed by atoms with van der Waals surface area (Å²) in [5, 5.41) is 3.94. The summed E-state index contributed by atoms with van der Waals surface area (Å²) in [7, 11) is 0. The second-order valence-corrected chi connectivity index (χ2v) is 3.32. The number of nitrogens with zero attached hydrogens (tertiary/aromatic N) is 1. The predicted molar refractivity (Wildman–Crippen MR) is 57.4 cm³/mol. The zero-order chi connectivity index (χ0) is 9.80. The van der Waals surface area contributed by atoms with Crippen LogP contribution in [-0.4, -0.2) is 9.97 Å². The van der Waals surface area contributed by atoms with Gasteiger partial charge in [0.15, 0.2) is 0 Å². The van der Waals surface area contributed by atoms with Crippen molar-refractivity contribution < 1.29 is 0 Å². The number of aromatic amines is 1. The summed E-state index contributed by atoms with van der Waals surface area (Å²) in [5.41, 5.74) is 1.97. The van der Waals surface area contributed by atoms with Gasteiger partial charge in [0, 0.05) is 6.20 Å². The van der Waals surface area contributed by atoms with Crippen molar-refractivity contribution in [3.8, 4) is 0 Å². The summed E-state index contributed by atoms with van der Waals surface area (Å²) in [5.74, 6) is 0. The second-order valence-electron chi connectivity index (χ2n) is 2.91. The Kier molecular flexibility index (Phi) is 2.70. The molecule has 0 spiro atoms. The Hall–Kier alpha value is -1.48.